The first-order valence-corrected chi connectivity index (χ1v) is 13.2. The first-order valence-electron chi connectivity index (χ1n) is 13.2. The van der Waals surface area contributed by atoms with E-state index < -0.39 is 0 Å². The lowest BCUT2D eigenvalue weighted by Crippen LogP contribution is -2.63. The van der Waals surface area contributed by atoms with Crippen LogP contribution in [0.4, 0.5) is 0 Å². The number of ether oxygens (including phenoxy) is 1. The Morgan fingerprint density at radius 2 is 1.70 bits per heavy atom. The highest BCUT2D eigenvalue weighted by Crippen LogP contribution is 2.74. The van der Waals surface area contributed by atoms with Gasteiger partial charge in [-0.1, -0.05) is 53.9 Å². The summed E-state index contributed by atoms with van der Waals surface area (Å²) in [5.41, 5.74) is 0.295. The summed E-state index contributed by atoms with van der Waals surface area (Å²) in [6.07, 6.45) is 11.4. The highest BCUT2D eigenvalue weighted by atomic mass is 16.6. The van der Waals surface area contributed by atoms with Crippen LogP contribution in [0, 0.1) is 46.3 Å². The minimum atomic E-state index is -0.326. The van der Waals surface area contributed by atoms with E-state index in [1.165, 1.54) is 44.9 Å². The molecule has 0 amide bonds. The van der Waals surface area contributed by atoms with Crippen molar-refractivity contribution in [1.29, 1.82) is 0 Å². The molecule has 1 aliphatic heterocycles. The van der Waals surface area contributed by atoms with E-state index in [2.05, 4.69) is 34.6 Å². The third-order valence-electron chi connectivity index (χ3n) is 11.3. The second-order valence-electron chi connectivity index (χ2n) is 13.1. The molecule has 0 unspecified atom stereocenters. The van der Waals surface area contributed by atoms with E-state index in [1.54, 1.807) is 0 Å². The number of hydrogen-bond acceptors (Lipinski definition) is 3. The molecule has 5 rings (SSSR count). The summed E-state index contributed by atoms with van der Waals surface area (Å²) in [5.74, 6) is 4.03. The summed E-state index contributed by atoms with van der Waals surface area (Å²) in [4.78, 5) is 0. The molecule has 5 aliphatic rings. The molecule has 0 aromatic rings. The van der Waals surface area contributed by atoms with E-state index in [1.807, 2.05) is 0 Å². The van der Waals surface area contributed by atoms with E-state index in [-0.39, 0.29) is 29.3 Å². The van der Waals surface area contributed by atoms with E-state index in [0.717, 1.165) is 37.0 Å². The molecule has 5 fully saturated rings. The van der Waals surface area contributed by atoms with Gasteiger partial charge >= 0.3 is 0 Å². The standard InChI is InChI=1S/C27H46O3/c1-16(2)7-6-8-17(3)19-9-10-20-22-21(12-13-25(19,20)4)26(5)14-11-18(28)15-27(26)24(30-27)23(22)29/h16-24,28-29H,6-15H2,1-5H3/t17-,18+,19-,20+,21+,22+,23-,24+,25-,26-,27+/m1/s1. The van der Waals surface area contributed by atoms with Crippen LogP contribution in [0.25, 0.3) is 0 Å². The van der Waals surface area contributed by atoms with Gasteiger partial charge in [0, 0.05) is 11.8 Å². The second kappa shape index (κ2) is 7.19. The fourth-order valence-electron chi connectivity index (χ4n) is 9.67. The highest BCUT2D eigenvalue weighted by molar-refractivity contribution is 5.26. The maximum Gasteiger partial charge on any atom is 0.114 e. The summed E-state index contributed by atoms with van der Waals surface area (Å²) in [6.45, 7) is 12.2. The van der Waals surface area contributed by atoms with Crippen molar-refractivity contribution < 1.29 is 14.9 Å². The largest absolute Gasteiger partial charge is 0.393 e. The maximum absolute atomic E-state index is 11.5. The van der Waals surface area contributed by atoms with Gasteiger partial charge in [-0.2, -0.15) is 0 Å². The first kappa shape index (κ1) is 21.7. The monoisotopic (exact) mass is 418 g/mol. The van der Waals surface area contributed by atoms with Crippen molar-refractivity contribution in [1.82, 2.24) is 0 Å². The van der Waals surface area contributed by atoms with Gasteiger partial charge < -0.3 is 14.9 Å². The molecule has 1 saturated heterocycles. The SMILES string of the molecule is CC(C)CCC[C@@H](C)[C@H]1CC[C@H]2[C@@H]3[C@@H](O)[C@@H]4O[C@@]45C[C@@H](O)CC[C@]5(C)[C@H]3CC[C@]12C. The van der Waals surface area contributed by atoms with Crippen LogP contribution in [0.5, 0.6) is 0 Å². The van der Waals surface area contributed by atoms with Crippen molar-refractivity contribution in [3.8, 4) is 0 Å². The Morgan fingerprint density at radius 1 is 0.933 bits per heavy atom. The summed E-state index contributed by atoms with van der Waals surface area (Å²) >= 11 is 0. The van der Waals surface area contributed by atoms with Crippen LogP contribution in [0.15, 0.2) is 0 Å². The van der Waals surface area contributed by atoms with Gasteiger partial charge in [-0.25, -0.2) is 0 Å². The number of rotatable bonds is 5. The quantitative estimate of drug-likeness (QED) is 0.574. The Hall–Kier alpha value is -0.120. The van der Waals surface area contributed by atoms with Crippen molar-refractivity contribution in [2.45, 2.75) is 123 Å². The lowest BCUT2D eigenvalue weighted by Gasteiger charge is -2.60. The normalized spacial score (nSPS) is 55.4. The first-order chi connectivity index (χ1) is 14.1. The molecule has 1 heterocycles. The van der Waals surface area contributed by atoms with Gasteiger partial charge in [0.25, 0.3) is 0 Å². The molecule has 4 aliphatic carbocycles. The predicted molar refractivity (Wildman–Crippen MR) is 120 cm³/mol. The van der Waals surface area contributed by atoms with Crippen LogP contribution in [-0.2, 0) is 4.74 Å². The molecule has 11 atom stereocenters. The second-order valence-corrected chi connectivity index (χ2v) is 13.1. The van der Waals surface area contributed by atoms with Gasteiger partial charge in [0.15, 0.2) is 0 Å². The smallest absolute Gasteiger partial charge is 0.114 e. The van der Waals surface area contributed by atoms with E-state index in [4.69, 9.17) is 4.74 Å². The van der Waals surface area contributed by atoms with E-state index in [9.17, 15) is 10.2 Å². The molecule has 0 radical (unpaired) electrons. The Bertz CT molecular complexity index is 662. The Labute approximate surface area is 184 Å². The molecule has 0 aromatic carbocycles. The van der Waals surface area contributed by atoms with Gasteiger partial charge in [-0.3, -0.25) is 0 Å². The summed E-state index contributed by atoms with van der Waals surface area (Å²) in [5, 5.41) is 21.9. The molecule has 0 aromatic heterocycles. The molecular weight excluding hydrogens is 372 g/mol. The molecule has 2 N–H and O–H groups in total. The molecule has 0 bridgehead atoms. The highest BCUT2D eigenvalue weighted by Gasteiger charge is 2.79. The zero-order valence-electron chi connectivity index (χ0n) is 20.1. The molecule has 30 heavy (non-hydrogen) atoms. The molecule has 3 heteroatoms. The minimum Gasteiger partial charge on any atom is -0.393 e. The number of aliphatic hydroxyl groups is 2. The molecular formula is C27H46O3. The molecule has 172 valence electrons. The number of aliphatic hydroxyl groups excluding tert-OH is 2. The van der Waals surface area contributed by atoms with Crippen LogP contribution >= 0.6 is 0 Å². The topological polar surface area (TPSA) is 53.0 Å². The Morgan fingerprint density at radius 3 is 2.43 bits per heavy atom. The van der Waals surface area contributed by atoms with Crippen LogP contribution in [0.3, 0.4) is 0 Å². The fourth-order valence-corrected chi connectivity index (χ4v) is 9.67. The summed E-state index contributed by atoms with van der Waals surface area (Å²) in [6, 6.07) is 0. The van der Waals surface area contributed by atoms with Crippen LogP contribution in [0.1, 0.15) is 98.8 Å². The molecule has 1 spiro atoms. The van der Waals surface area contributed by atoms with Crippen molar-refractivity contribution >= 4 is 0 Å². The van der Waals surface area contributed by atoms with Crippen molar-refractivity contribution in [3.05, 3.63) is 0 Å². The van der Waals surface area contributed by atoms with Gasteiger partial charge in [0.1, 0.15) is 11.7 Å². The minimum absolute atomic E-state index is 0.0245. The number of fused-ring (bicyclic) bond motifs is 4. The molecule has 4 saturated carbocycles. The zero-order valence-corrected chi connectivity index (χ0v) is 20.1. The Kier molecular flexibility index (Phi) is 5.20. The zero-order chi connectivity index (χ0) is 21.5. The van der Waals surface area contributed by atoms with Gasteiger partial charge in [0.05, 0.1) is 12.2 Å². The van der Waals surface area contributed by atoms with Crippen molar-refractivity contribution in [3.63, 3.8) is 0 Å². The third-order valence-corrected chi connectivity index (χ3v) is 11.3. The van der Waals surface area contributed by atoms with Crippen molar-refractivity contribution in [2.75, 3.05) is 0 Å². The summed E-state index contributed by atoms with van der Waals surface area (Å²) in [7, 11) is 0. The van der Waals surface area contributed by atoms with Gasteiger partial charge in [0.2, 0.25) is 0 Å². The van der Waals surface area contributed by atoms with Gasteiger partial charge in [-0.05, 0) is 79.4 Å². The predicted octanol–water partition coefficient (Wildman–Crippen LogP) is 5.57. The molecule has 3 nitrogen and oxygen atoms in total. The van der Waals surface area contributed by atoms with Crippen molar-refractivity contribution in [2.24, 2.45) is 46.3 Å². The van der Waals surface area contributed by atoms with Crippen LogP contribution in [-0.4, -0.2) is 34.1 Å². The maximum atomic E-state index is 11.5. The Balaban J connectivity index is 1.37. The fraction of sp³-hybridized carbons (Fsp3) is 1.00. The number of hydrogen-bond donors (Lipinski definition) is 2. The van der Waals surface area contributed by atoms with E-state index >= 15 is 0 Å². The third kappa shape index (κ3) is 2.86. The summed E-state index contributed by atoms with van der Waals surface area (Å²) < 4.78 is 6.37. The average molecular weight is 419 g/mol. The van der Waals surface area contributed by atoms with Crippen LogP contribution in [0.2, 0.25) is 0 Å². The number of epoxide rings is 1. The van der Waals surface area contributed by atoms with Gasteiger partial charge in [-0.15, -0.1) is 0 Å². The van der Waals surface area contributed by atoms with E-state index in [0.29, 0.717) is 23.2 Å². The lowest BCUT2D eigenvalue weighted by atomic mass is 9.43. The van der Waals surface area contributed by atoms with Crippen LogP contribution < -0.4 is 0 Å². The lowest BCUT2D eigenvalue weighted by molar-refractivity contribution is -0.151. The average Bonchev–Trinajstić information content (AvgIpc) is 3.29.